The number of halogens is 1. The van der Waals surface area contributed by atoms with Crippen LogP contribution in [0.4, 0.5) is 5.69 Å². The third-order valence-corrected chi connectivity index (χ3v) is 5.86. The van der Waals surface area contributed by atoms with Crippen LogP contribution in [0, 0.1) is 20.8 Å². The molecule has 0 aliphatic heterocycles. The molecule has 0 saturated heterocycles. The van der Waals surface area contributed by atoms with Gasteiger partial charge in [0, 0.05) is 28.7 Å². The zero-order valence-electron chi connectivity index (χ0n) is 18.3. The van der Waals surface area contributed by atoms with E-state index in [2.05, 4.69) is 33.7 Å². The SMILES string of the molecule is Cc1ccc(C)c(-c2cc3c4nn(CC(=O)Nc5cc(Cl)ccc5C)c(=O)n4ccn3n2)c1. The van der Waals surface area contributed by atoms with Crippen molar-refractivity contribution in [2.24, 2.45) is 0 Å². The van der Waals surface area contributed by atoms with E-state index >= 15 is 0 Å². The van der Waals surface area contributed by atoms with Crippen LogP contribution in [-0.2, 0) is 11.3 Å². The van der Waals surface area contributed by atoms with E-state index in [1.165, 1.54) is 4.40 Å². The Morgan fingerprint density at radius 2 is 1.79 bits per heavy atom. The number of hydrogen-bond donors (Lipinski definition) is 1. The van der Waals surface area contributed by atoms with Crippen LogP contribution in [0.5, 0.6) is 0 Å². The topological polar surface area (TPSA) is 85.7 Å². The number of rotatable bonds is 4. The highest BCUT2D eigenvalue weighted by molar-refractivity contribution is 6.31. The van der Waals surface area contributed by atoms with Crippen molar-refractivity contribution in [1.82, 2.24) is 23.8 Å². The van der Waals surface area contributed by atoms with Crippen LogP contribution < -0.4 is 11.0 Å². The highest BCUT2D eigenvalue weighted by atomic mass is 35.5. The molecular formula is C24H21ClN6O2. The van der Waals surface area contributed by atoms with Crippen LogP contribution in [0.3, 0.4) is 0 Å². The number of nitrogens with one attached hydrogen (secondary N) is 1. The summed E-state index contributed by atoms with van der Waals surface area (Å²) in [5.41, 5.74) is 6.23. The predicted octanol–water partition coefficient (Wildman–Crippen LogP) is 4.03. The van der Waals surface area contributed by atoms with Crippen molar-refractivity contribution in [2.45, 2.75) is 27.3 Å². The Kier molecular flexibility index (Phi) is 5.02. The summed E-state index contributed by atoms with van der Waals surface area (Å²) in [7, 11) is 0. The Balaban J connectivity index is 1.51. The van der Waals surface area contributed by atoms with Gasteiger partial charge in [-0.3, -0.25) is 4.79 Å². The normalized spacial score (nSPS) is 11.4. The summed E-state index contributed by atoms with van der Waals surface area (Å²) in [6.07, 6.45) is 3.31. The van der Waals surface area contributed by atoms with Gasteiger partial charge >= 0.3 is 5.69 Å². The smallest absolute Gasteiger partial charge is 0.324 e. The summed E-state index contributed by atoms with van der Waals surface area (Å²) < 4.78 is 4.26. The van der Waals surface area contributed by atoms with Gasteiger partial charge < -0.3 is 5.32 Å². The average Bonchev–Trinajstić information content (AvgIpc) is 3.34. The van der Waals surface area contributed by atoms with Crippen molar-refractivity contribution in [2.75, 3.05) is 5.32 Å². The second kappa shape index (κ2) is 7.90. The number of fused-ring (bicyclic) bond motifs is 3. The standard InChI is InChI=1S/C24H21ClN6O2/c1-14-4-5-15(2)18(10-14)20-12-21-23-28-31(24(33)29(23)8-9-30(21)27-20)13-22(32)26-19-11-17(25)7-6-16(19)3/h4-12H,13H2,1-3H3,(H,26,32). The molecule has 0 bridgehead atoms. The maximum absolute atomic E-state index is 12.9. The molecule has 0 radical (unpaired) electrons. The number of anilines is 1. The first-order valence-corrected chi connectivity index (χ1v) is 10.8. The summed E-state index contributed by atoms with van der Waals surface area (Å²) in [5, 5.41) is 12.4. The Labute approximate surface area is 194 Å². The lowest BCUT2D eigenvalue weighted by molar-refractivity contribution is -0.117. The van der Waals surface area contributed by atoms with Crippen molar-refractivity contribution in [1.29, 1.82) is 0 Å². The largest absolute Gasteiger partial charge is 0.350 e. The first kappa shape index (κ1) is 21.0. The minimum atomic E-state index is -0.403. The van der Waals surface area contributed by atoms with Gasteiger partial charge in [-0.1, -0.05) is 35.4 Å². The summed E-state index contributed by atoms with van der Waals surface area (Å²) in [5.74, 6) is -0.369. The zero-order chi connectivity index (χ0) is 23.3. The minimum absolute atomic E-state index is 0.226. The molecule has 0 fully saturated rings. The molecule has 5 aromatic rings. The van der Waals surface area contributed by atoms with Crippen molar-refractivity contribution in [3.05, 3.63) is 87.1 Å². The molecule has 0 atom stereocenters. The van der Waals surface area contributed by atoms with E-state index < -0.39 is 5.69 Å². The maximum Gasteiger partial charge on any atom is 0.350 e. The summed E-state index contributed by atoms with van der Waals surface area (Å²) in [6.45, 7) is 5.71. The number of amides is 1. The molecule has 0 saturated carbocycles. The molecule has 5 rings (SSSR count). The van der Waals surface area contributed by atoms with Crippen LogP contribution >= 0.6 is 11.6 Å². The van der Waals surface area contributed by atoms with Gasteiger partial charge in [-0.25, -0.2) is 18.4 Å². The van der Waals surface area contributed by atoms with Crippen LogP contribution in [0.2, 0.25) is 5.02 Å². The first-order valence-electron chi connectivity index (χ1n) is 10.4. The number of benzene rings is 2. The van der Waals surface area contributed by atoms with E-state index in [0.29, 0.717) is 21.9 Å². The molecule has 3 aromatic heterocycles. The molecule has 166 valence electrons. The fourth-order valence-electron chi connectivity index (χ4n) is 3.84. The Bertz CT molecular complexity index is 1610. The van der Waals surface area contributed by atoms with Gasteiger partial charge in [-0.2, -0.15) is 5.10 Å². The zero-order valence-corrected chi connectivity index (χ0v) is 19.1. The Morgan fingerprint density at radius 3 is 2.61 bits per heavy atom. The Hall–Kier alpha value is -3.91. The van der Waals surface area contributed by atoms with Gasteiger partial charge in [0.15, 0.2) is 5.65 Å². The number of carbonyl (C=O) groups is 1. The molecule has 1 N–H and O–H groups in total. The lowest BCUT2D eigenvalue weighted by Gasteiger charge is -2.08. The second-order valence-electron chi connectivity index (χ2n) is 8.12. The second-order valence-corrected chi connectivity index (χ2v) is 8.55. The Morgan fingerprint density at radius 1 is 1.00 bits per heavy atom. The summed E-state index contributed by atoms with van der Waals surface area (Å²) in [4.78, 5) is 25.5. The fraction of sp³-hybridized carbons (Fsp3) is 0.167. The van der Waals surface area contributed by atoms with Gasteiger partial charge in [0.2, 0.25) is 5.91 Å². The molecule has 2 aromatic carbocycles. The van der Waals surface area contributed by atoms with Crippen molar-refractivity contribution >= 4 is 34.4 Å². The van der Waals surface area contributed by atoms with Crippen LogP contribution in [0.25, 0.3) is 22.4 Å². The van der Waals surface area contributed by atoms with Gasteiger partial charge in [0.05, 0.1) is 5.69 Å². The van der Waals surface area contributed by atoms with E-state index in [9.17, 15) is 9.59 Å². The van der Waals surface area contributed by atoms with Crippen LogP contribution in [0.1, 0.15) is 16.7 Å². The molecule has 0 spiro atoms. The highest BCUT2D eigenvalue weighted by Crippen LogP contribution is 2.25. The number of nitrogens with zero attached hydrogens (tertiary/aromatic N) is 5. The average molecular weight is 461 g/mol. The molecule has 1 amide bonds. The number of aromatic nitrogens is 5. The molecule has 0 aliphatic rings. The van der Waals surface area contributed by atoms with Gasteiger partial charge in [-0.15, -0.1) is 5.10 Å². The van der Waals surface area contributed by atoms with Gasteiger partial charge in [0.1, 0.15) is 12.1 Å². The third kappa shape index (κ3) is 3.78. The van der Waals surface area contributed by atoms with Crippen LogP contribution in [-0.4, -0.2) is 29.7 Å². The highest BCUT2D eigenvalue weighted by Gasteiger charge is 2.16. The van der Waals surface area contributed by atoms with E-state index in [4.69, 9.17) is 11.6 Å². The van der Waals surface area contributed by atoms with E-state index in [1.807, 2.05) is 32.9 Å². The monoisotopic (exact) mass is 460 g/mol. The molecule has 3 heterocycles. The van der Waals surface area contributed by atoms with Crippen molar-refractivity contribution in [3.63, 3.8) is 0 Å². The van der Waals surface area contributed by atoms with E-state index in [-0.39, 0.29) is 12.5 Å². The third-order valence-electron chi connectivity index (χ3n) is 5.63. The lowest BCUT2D eigenvalue weighted by atomic mass is 10.0. The molecule has 8 nitrogen and oxygen atoms in total. The predicted molar refractivity (Wildman–Crippen MR) is 128 cm³/mol. The summed E-state index contributed by atoms with van der Waals surface area (Å²) in [6, 6.07) is 13.4. The van der Waals surface area contributed by atoms with Gasteiger partial charge in [0.25, 0.3) is 0 Å². The number of aryl methyl sites for hydroxylation is 3. The van der Waals surface area contributed by atoms with Crippen molar-refractivity contribution in [3.8, 4) is 11.3 Å². The quantitative estimate of drug-likeness (QED) is 0.438. The molecule has 0 unspecified atom stereocenters. The number of hydrogen-bond acceptors (Lipinski definition) is 4. The number of carbonyl (C=O) groups excluding carboxylic acids is 1. The minimum Gasteiger partial charge on any atom is -0.324 e. The van der Waals surface area contributed by atoms with Crippen molar-refractivity contribution < 1.29 is 4.79 Å². The van der Waals surface area contributed by atoms with Gasteiger partial charge in [-0.05, 0) is 56.2 Å². The van der Waals surface area contributed by atoms with E-state index in [0.717, 1.165) is 32.6 Å². The molecule has 0 aliphatic carbocycles. The molecular weight excluding hydrogens is 440 g/mol. The summed E-state index contributed by atoms with van der Waals surface area (Å²) >= 11 is 6.03. The van der Waals surface area contributed by atoms with E-state index in [1.54, 1.807) is 29.0 Å². The fourth-order valence-corrected chi connectivity index (χ4v) is 4.01. The van der Waals surface area contributed by atoms with Crippen LogP contribution in [0.15, 0.2) is 59.7 Å². The first-order chi connectivity index (χ1) is 15.8. The lowest BCUT2D eigenvalue weighted by Crippen LogP contribution is -2.28. The molecule has 33 heavy (non-hydrogen) atoms. The molecule has 9 heteroatoms. The maximum atomic E-state index is 12.9.